The molecule has 26 heavy (non-hydrogen) atoms. The van der Waals surface area contributed by atoms with Crippen LogP contribution < -0.4 is 5.32 Å². The van der Waals surface area contributed by atoms with Crippen molar-refractivity contribution in [2.45, 2.75) is 17.3 Å². The number of hydrogen-bond donors (Lipinski definition) is 2. The molecule has 2 N–H and O–H groups in total. The number of amides is 1. The molecule has 0 saturated carbocycles. The first kappa shape index (κ1) is 18.2. The van der Waals surface area contributed by atoms with Crippen molar-refractivity contribution in [3.8, 4) is 0 Å². The van der Waals surface area contributed by atoms with Gasteiger partial charge in [-0.15, -0.1) is 5.10 Å². The van der Waals surface area contributed by atoms with Crippen molar-refractivity contribution < 1.29 is 4.79 Å². The Labute approximate surface area is 160 Å². The summed E-state index contributed by atoms with van der Waals surface area (Å²) < 4.78 is 0. The second-order valence-corrected chi connectivity index (χ2v) is 7.10. The number of H-pyrrole nitrogens is 1. The molecule has 0 saturated heterocycles. The van der Waals surface area contributed by atoms with Crippen molar-refractivity contribution in [3.05, 3.63) is 65.1 Å². The van der Waals surface area contributed by atoms with Crippen LogP contribution in [-0.4, -0.2) is 31.3 Å². The van der Waals surface area contributed by atoms with Crippen LogP contribution in [0.2, 0.25) is 5.02 Å². The quantitative estimate of drug-likeness (QED) is 0.623. The van der Waals surface area contributed by atoms with Crippen molar-refractivity contribution in [2.24, 2.45) is 0 Å². The second kappa shape index (κ2) is 8.64. The molecule has 0 aliphatic carbocycles. The Bertz CT molecular complexity index is 895. The van der Waals surface area contributed by atoms with E-state index in [1.54, 1.807) is 19.1 Å². The van der Waals surface area contributed by atoms with Crippen LogP contribution in [0.1, 0.15) is 18.3 Å². The van der Waals surface area contributed by atoms with Gasteiger partial charge in [-0.3, -0.25) is 9.89 Å². The van der Waals surface area contributed by atoms with Crippen LogP contribution in [-0.2, 0) is 4.79 Å². The summed E-state index contributed by atoms with van der Waals surface area (Å²) in [5.74, 6) is 0.896. The summed E-state index contributed by atoms with van der Waals surface area (Å²) in [5.41, 5.74) is 1.07. The molecule has 0 aliphatic rings. The molecule has 1 atom stereocenters. The number of nitrogens with one attached hydrogen (secondary N) is 2. The molecule has 0 bridgehead atoms. The molecule has 3 aromatic rings. The van der Waals surface area contributed by atoms with Gasteiger partial charge in [0.1, 0.15) is 11.6 Å². The van der Waals surface area contributed by atoms with Gasteiger partial charge in [0.05, 0.1) is 10.3 Å². The summed E-state index contributed by atoms with van der Waals surface area (Å²) in [4.78, 5) is 20.6. The number of benzene rings is 1. The van der Waals surface area contributed by atoms with E-state index in [2.05, 4.69) is 25.5 Å². The van der Waals surface area contributed by atoms with Crippen molar-refractivity contribution in [1.29, 1.82) is 0 Å². The van der Waals surface area contributed by atoms with Crippen molar-refractivity contribution >= 4 is 47.2 Å². The third-order valence-corrected chi connectivity index (χ3v) is 4.53. The molecule has 0 fully saturated rings. The fraction of sp³-hybridized carbons (Fsp3) is 0.111. The lowest BCUT2D eigenvalue weighted by Gasteiger charge is -2.09. The van der Waals surface area contributed by atoms with Gasteiger partial charge in [0.2, 0.25) is 11.1 Å². The molecule has 0 spiro atoms. The molecular formula is C18H16ClN5OS. The third-order valence-electron chi connectivity index (χ3n) is 3.35. The summed E-state index contributed by atoms with van der Waals surface area (Å²) >= 11 is 7.04. The van der Waals surface area contributed by atoms with Gasteiger partial charge in [0.25, 0.3) is 0 Å². The average molecular weight is 386 g/mol. The van der Waals surface area contributed by atoms with E-state index in [0.717, 1.165) is 5.56 Å². The minimum Gasteiger partial charge on any atom is -0.310 e. The van der Waals surface area contributed by atoms with E-state index < -0.39 is 0 Å². The number of aromatic amines is 1. The van der Waals surface area contributed by atoms with E-state index in [-0.39, 0.29) is 11.2 Å². The molecule has 6 nitrogen and oxygen atoms in total. The zero-order valence-electron chi connectivity index (χ0n) is 13.9. The zero-order chi connectivity index (χ0) is 18.4. The number of nitrogens with zero attached hydrogens (tertiary/aromatic N) is 3. The first-order valence-corrected chi connectivity index (χ1v) is 9.10. The minimum absolute atomic E-state index is 0.184. The number of halogens is 1. The highest BCUT2D eigenvalue weighted by Gasteiger charge is 2.17. The Morgan fingerprint density at radius 1 is 1.23 bits per heavy atom. The maximum absolute atomic E-state index is 12.2. The van der Waals surface area contributed by atoms with Crippen LogP contribution in [0.25, 0.3) is 12.2 Å². The second-order valence-electron chi connectivity index (χ2n) is 5.36. The first-order chi connectivity index (χ1) is 12.6. The number of carbonyl (C=O) groups is 1. The van der Waals surface area contributed by atoms with Crippen LogP contribution in [0, 0.1) is 0 Å². The number of rotatable bonds is 6. The number of anilines is 1. The van der Waals surface area contributed by atoms with Gasteiger partial charge in [0.15, 0.2) is 0 Å². The lowest BCUT2D eigenvalue weighted by molar-refractivity contribution is -0.115. The maximum atomic E-state index is 12.2. The Balaban J connectivity index is 1.56. The van der Waals surface area contributed by atoms with Crippen LogP contribution >= 0.6 is 23.4 Å². The number of hydrogen-bond acceptors (Lipinski definition) is 5. The van der Waals surface area contributed by atoms with Crippen LogP contribution in [0.3, 0.4) is 0 Å². The highest BCUT2D eigenvalue weighted by atomic mass is 35.5. The number of aromatic nitrogens is 4. The predicted molar refractivity (Wildman–Crippen MR) is 105 cm³/mol. The molecule has 0 aliphatic heterocycles. The summed E-state index contributed by atoms with van der Waals surface area (Å²) in [5, 5.41) is 10.4. The largest absolute Gasteiger partial charge is 0.310 e. The molecule has 1 amide bonds. The molecule has 2 heterocycles. The van der Waals surface area contributed by atoms with Gasteiger partial charge in [-0.05, 0) is 30.7 Å². The number of thioether (sulfide) groups is 1. The SMILES string of the molecule is CC(Sc1n[nH]c(/C=C/c2ccccc2)n1)C(=O)Nc1ccc(Cl)cn1. The van der Waals surface area contributed by atoms with Gasteiger partial charge in [-0.2, -0.15) is 0 Å². The van der Waals surface area contributed by atoms with E-state index in [1.165, 1.54) is 18.0 Å². The monoisotopic (exact) mass is 385 g/mol. The highest BCUT2D eigenvalue weighted by molar-refractivity contribution is 8.00. The van der Waals surface area contributed by atoms with Crippen LogP contribution in [0.5, 0.6) is 0 Å². The molecule has 2 aromatic heterocycles. The van der Waals surface area contributed by atoms with Crippen molar-refractivity contribution in [2.75, 3.05) is 5.32 Å². The smallest absolute Gasteiger partial charge is 0.238 e. The molecule has 1 unspecified atom stereocenters. The van der Waals surface area contributed by atoms with E-state index in [9.17, 15) is 4.79 Å². The lowest BCUT2D eigenvalue weighted by atomic mass is 10.2. The molecule has 3 rings (SSSR count). The topological polar surface area (TPSA) is 83.6 Å². The van der Waals surface area contributed by atoms with Crippen molar-refractivity contribution in [3.63, 3.8) is 0 Å². The van der Waals surface area contributed by atoms with Crippen molar-refractivity contribution in [1.82, 2.24) is 20.2 Å². The van der Waals surface area contributed by atoms with Crippen LogP contribution in [0.4, 0.5) is 5.82 Å². The molecule has 0 radical (unpaired) electrons. The molecular weight excluding hydrogens is 370 g/mol. The van der Waals surface area contributed by atoms with E-state index in [4.69, 9.17) is 11.6 Å². The fourth-order valence-electron chi connectivity index (χ4n) is 2.01. The van der Waals surface area contributed by atoms with Gasteiger partial charge in [-0.25, -0.2) is 9.97 Å². The minimum atomic E-state index is -0.380. The third kappa shape index (κ3) is 5.18. The molecule has 1 aromatic carbocycles. The normalized spacial score (nSPS) is 12.2. The lowest BCUT2D eigenvalue weighted by Crippen LogP contribution is -2.23. The number of pyridine rings is 1. The Morgan fingerprint density at radius 3 is 2.77 bits per heavy atom. The summed E-state index contributed by atoms with van der Waals surface area (Å²) in [6, 6.07) is 13.2. The highest BCUT2D eigenvalue weighted by Crippen LogP contribution is 2.21. The van der Waals surface area contributed by atoms with E-state index in [1.807, 2.05) is 42.5 Å². The predicted octanol–water partition coefficient (Wildman–Crippen LogP) is 4.14. The zero-order valence-corrected chi connectivity index (χ0v) is 15.5. The first-order valence-electron chi connectivity index (χ1n) is 7.85. The molecule has 8 heteroatoms. The summed E-state index contributed by atoms with van der Waals surface area (Å²) in [7, 11) is 0. The average Bonchev–Trinajstić information content (AvgIpc) is 3.10. The Morgan fingerprint density at radius 2 is 2.04 bits per heavy atom. The summed E-state index contributed by atoms with van der Waals surface area (Å²) in [6.07, 6.45) is 5.27. The van der Waals surface area contributed by atoms with Gasteiger partial charge in [0, 0.05) is 6.20 Å². The van der Waals surface area contributed by atoms with Crippen LogP contribution in [0.15, 0.2) is 53.8 Å². The number of carbonyl (C=O) groups excluding carboxylic acids is 1. The summed E-state index contributed by atoms with van der Waals surface area (Å²) in [6.45, 7) is 1.78. The van der Waals surface area contributed by atoms with Gasteiger partial charge >= 0.3 is 0 Å². The Kier molecular flexibility index (Phi) is 6.04. The van der Waals surface area contributed by atoms with E-state index >= 15 is 0 Å². The van der Waals surface area contributed by atoms with Gasteiger partial charge < -0.3 is 5.32 Å². The Hall–Kier alpha value is -2.64. The molecule has 132 valence electrons. The van der Waals surface area contributed by atoms with Gasteiger partial charge in [-0.1, -0.05) is 59.8 Å². The van der Waals surface area contributed by atoms with E-state index in [0.29, 0.717) is 21.8 Å². The fourth-order valence-corrected chi connectivity index (χ4v) is 2.86. The maximum Gasteiger partial charge on any atom is 0.238 e. The standard InChI is InChI=1S/C18H16ClN5OS/c1-12(17(25)21-15-10-8-14(19)11-20-15)26-18-22-16(23-24-18)9-7-13-5-3-2-4-6-13/h2-12H,1H3,(H,20,21,25)(H,22,23,24)/b9-7+.